The van der Waals surface area contributed by atoms with Crippen molar-refractivity contribution in [3.8, 4) is 0 Å². The van der Waals surface area contributed by atoms with E-state index in [-0.39, 0.29) is 0 Å². The third-order valence-corrected chi connectivity index (χ3v) is 2.78. The van der Waals surface area contributed by atoms with E-state index in [0.29, 0.717) is 5.65 Å². The van der Waals surface area contributed by atoms with Crippen molar-refractivity contribution < 1.29 is 4.92 Å². The van der Waals surface area contributed by atoms with Gasteiger partial charge < -0.3 is 0 Å². The van der Waals surface area contributed by atoms with E-state index in [1.165, 1.54) is 10.6 Å². The van der Waals surface area contributed by atoms with E-state index in [2.05, 4.69) is 4.98 Å². The van der Waals surface area contributed by atoms with Gasteiger partial charge in [0, 0.05) is 11.6 Å². The average molecular weight is 241 g/mol. The van der Waals surface area contributed by atoms with Crippen molar-refractivity contribution >= 4 is 22.1 Å². The molecule has 2 aromatic heterocycles. The van der Waals surface area contributed by atoms with E-state index in [9.17, 15) is 14.9 Å². The van der Waals surface area contributed by atoms with Gasteiger partial charge in [0.15, 0.2) is 0 Å². The predicted octanol–water partition coefficient (Wildman–Crippen LogP) is 1.76. The molecule has 0 N–H and O–H groups in total. The Labute approximate surface area is 100 Å². The number of pyridine rings is 1. The number of fused-ring (bicyclic) bond motifs is 3. The zero-order valence-electron chi connectivity index (χ0n) is 9.11. The first-order chi connectivity index (χ1) is 8.68. The van der Waals surface area contributed by atoms with Gasteiger partial charge in [0.1, 0.15) is 11.8 Å². The molecule has 0 bridgehead atoms. The molecule has 0 atom stereocenters. The standard InChI is InChI=1S/C12H7N3O3/c16-12-10(15(17)18)7-13-11-9-4-2-1-3-8(9)5-6-14(11)12/h1-7H. The molecule has 1 aromatic carbocycles. The van der Waals surface area contributed by atoms with Crippen LogP contribution in [-0.4, -0.2) is 14.3 Å². The molecule has 2 heterocycles. The van der Waals surface area contributed by atoms with Gasteiger partial charge in [-0.3, -0.25) is 19.3 Å². The number of hydrogen-bond acceptors (Lipinski definition) is 4. The number of nitrogens with zero attached hydrogens (tertiary/aromatic N) is 3. The monoisotopic (exact) mass is 241 g/mol. The highest BCUT2D eigenvalue weighted by Crippen LogP contribution is 2.17. The van der Waals surface area contributed by atoms with Gasteiger partial charge in [0.25, 0.3) is 0 Å². The minimum absolute atomic E-state index is 0.420. The Balaban J connectivity index is 2.52. The van der Waals surface area contributed by atoms with Crippen LogP contribution in [0.15, 0.2) is 47.5 Å². The zero-order chi connectivity index (χ0) is 12.7. The van der Waals surface area contributed by atoms with Crippen LogP contribution in [0.5, 0.6) is 0 Å². The summed E-state index contributed by atoms with van der Waals surface area (Å²) < 4.78 is 1.19. The van der Waals surface area contributed by atoms with Gasteiger partial charge in [-0.15, -0.1) is 0 Å². The van der Waals surface area contributed by atoms with Crippen LogP contribution >= 0.6 is 0 Å². The zero-order valence-corrected chi connectivity index (χ0v) is 9.11. The van der Waals surface area contributed by atoms with Gasteiger partial charge in [0.2, 0.25) is 0 Å². The first-order valence-corrected chi connectivity index (χ1v) is 5.22. The van der Waals surface area contributed by atoms with Crippen molar-refractivity contribution in [1.29, 1.82) is 0 Å². The van der Waals surface area contributed by atoms with Crippen LogP contribution in [0.4, 0.5) is 5.69 Å². The van der Waals surface area contributed by atoms with Gasteiger partial charge in [-0.1, -0.05) is 24.3 Å². The summed E-state index contributed by atoms with van der Waals surface area (Å²) in [6.07, 6.45) is 2.50. The summed E-state index contributed by atoms with van der Waals surface area (Å²) in [6, 6.07) is 9.15. The molecule has 6 nitrogen and oxygen atoms in total. The predicted molar refractivity (Wildman–Crippen MR) is 65.6 cm³/mol. The van der Waals surface area contributed by atoms with E-state index in [1.54, 1.807) is 6.07 Å². The quantitative estimate of drug-likeness (QED) is 0.369. The maximum atomic E-state index is 11.9. The molecule has 0 aliphatic heterocycles. The summed E-state index contributed by atoms with van der Waals surface area (Å²) >= 11 is 0. The molecular weight excluding hydrogens is 234 g/mol. The highest BCUT2D eigenvalue weighted by atomic mass is 16.6. The molecule has 0 radical (unpaired) electrons. The fourth-order valence-corrected chi connectivity index (χ4v) is 1.92. The molecule has 0 saturated heterocycles. The van der Waals surface area contributed by atoms with Gasteiger partial charge in [-0.25, -0.2) is 4.98 Å². The number of benzene rings is 1. The molecule has 3 aromatic rings. The van der Waals surface area contributed by atoms with Crippen LogP contribution in [0.2, 0.25) is 0 Å². The molecule has 0 aliphatic carbocycles. The Morgan fingerprint density at radius 1 is 1.22 bits per heavy atom. The van der Waals surface area contributed by atoms with Crippen LogP contribution < -0.4 is 5.56 Å². The van der Waals surface area contributed by atoms with Gasteiger partial charge in [-0.2, -0.15) is 0 Å². The largest absolute Gasteiger partial charge is 0.352 e. The van der Waals surface area contributed by atoms with Gasteiger partial charge >= 0.3 is 11.2 Å². The summed E-state index contributed by atoms with van der Waals surface area (Å²) in [7, 11) is 0. The molecule has 0 aliphatic rings. The normalized spacial score (nSPS) is 10.9. The fourth-order valence-electron chi connectivity index (χ4n) is 1.92. The maximum Gasteiger partial charge on any atom is 0.352 e. The third-order valence-electron chi connectivity index (χ3n) is 2.78. The molecule has 6 heteroatoms. The number of rotatable bonds is 1. The van der Waals surface area contributed by atoms with Crippen molar-refractivity contribution in [3.63, 3.8) is 0 Å². The van der Waals surface area contributed by atoms with Crippen molar-refractivity contribution in [2.75, 3.05) is 0 Å². The fraction of sp³-hybridized carbons (Fsp3) is 0. The SMILES string of the molecule is O=c1c([N+](=O)[O-])cnc2c3ccccc3ccn12. The Hall–Kier alpha value is -2.76. The second-order valence-electron chi connectivity index (χ2n) is 3.80. The molecular formula is C12H7N3O3. The molecule has 0 amide bonds. The van der Waals surface area contributed by atoms with E-state index in [4.69, 9.17) is 0 Å². The van der Waals surface area contributed by atoms with Gasteiger partial charge in [0.05, 0.1) is 4.92 Å². The molecule has 0 saturated carbocycles. The lowest BCUT2D eigenvalue weighted by atomic mass is 10.2. The van der Waals surface area contributed by atoms with E-state index >= 15 is 0 Å². The second kappa shape index (κ2) is 3.63. The Bertz CT molecular complexity index is 839. The summed E-state index contributed by atoms with van der Waals surface area (Å²) in [5.41, 5.74) is -0.776. The molecule has 0 unspecified atom stereocenters. The minimum atomic E-state index is -0.725. The number of hydrogen-bond donors (Lipinski definition) is 0. The molecule has 0 fully saturated rings. The van der Waals surface area contributed by atoms with Crippen molar-refractivity contribution in [2.24, 2.45) is 0 Å². The molecule has 88 valence electrons. The average Bonchev–Trinajstić information content (AvgIpc) is 2.38. The van der Waals surface area contributed by atoms with Crippen LogP contribution in [-0.2, 0) is 0 Å². The Morgan fingerprint density at radius 3 is 2.78 bits per heavy atom. The molecule has 0 spiro atoms. The van der Waals surface area contributed by atoms with E-state index < -0.39 is 16.2 Å². The topological polar surface area (TPSA) is 77.5 Å². The van der Waals surface area contributed by atoms with Crippen molar-refractivity contribution in [3.05, 3.63) is 63.2 Å². The molecule has 18 heavy (non-hydrogen) atoms. The van der Waals surface area contributed by atoms with Crippen LogP contribution in [0.25, 0.3) is 16.4 Å². The summed E-state index contributed by atoms with van der Waals surface area (Å²) in [4.78, 5) is 25.9. The lowest BCUT2D eigenvalue weighted by Crippen LogP contribution is -2.18. The van der Waals surface area contributed by atoms with Crippen molar-refractivity contribution in [1.82, 2.24) is 9.38 Å². The molecule has 3 rings (SSSR count). The Morgan fingerprint density at radius 2 is 2.00 bits per heavy atom. The van der Waals surface area contributed by atoms with Crippen LogP contribution in [0.3, 0.4) is 0 Å². The lowest BCUT2D eigenvalue weighted by molar-refractivity contribution is -0.386. The van der Waals surface area contributed by atoms with E-state index in [0.717, 1.165) is 17.0 Å². The highest BCUT2D eigenvalue weighted by Gasteiger charge is 2.15. The minimum Gasteiger partial charge on any atom is -0.262 e. The van der Waals surface area contributed by atoms with Crippen molar-refractivity contribution in [2.45, 2.75) is 0 Å². The van der Waals surface area contributed by atoms with E-state index in [1.807, 2.05) is 24.3 Å². The first kappa shape index (κ1) is 10.4. The summed E-state index contributed by atoms with van der Waals surface area (Å²) in [5, 5.41) is 12.4. The first-order valence-electron chi connectivity index (χ1n) is 5.22. The Kier molecular flexibility index (Phi) is 2.09. The third kappa shape index (κ3) is 1.36. The summed E-state index contributed by atoms with van der Waals surface area (Å²) in [5.74, 6) is 0. The second-order valence-corrected chi connectivity index (χ2v) is 3.80. The van der Waals surface area contributed by atoms with Gasteiger partial charge in [-0.05, 0) is 11.5 Å². The number of nitro groups is 1. The lowest BCUT2D eigenvalue weighted by Gasteiger charge is -2.03. The maximum absolute atomic E-state index is 11.9. The number of aromatic nitrogens is 2. The van der Waals surface area contributed by atoms with Crippen LogP contribution in [0.1, 0.15) is 0 Å². The highest BCUT2D eigenvalue weighted by molar-refractivity contribution is 5.93. The van der Waals surface area contributed by atoms with Crippen LogP contribution in [0, 0.1) is 10.1 Å². The smallest absolute Gasteiger partial charge is 0.262 e. The summed E-state index contributed by atoms with van der Waals surface area (Å²) in [6.45, 7) is 0.